The number of aromatic nitrogens is 2. The Morgan fingerprint density at radius 1 is 1.07 bits per heavy atom. The number of fused-ring (bicyclic) bond motifs is 1. The number of quaternary nitrogens is 1. The summed E-state index contributed by atoms with van der Waals surface area (Å²) in [6.07, 6.45) is 8.69. The van der Waals surface area contributed by atoms with Crippen LogP contribution in [-0.2, 0) is 9.47 Å². The Morgan fingerprint density at radius 3 is 2.80 bits per heavy atom. The summed E-state index contributed by atoms with van der Waals surface area (Å²) in [7, 11) is 0. The van der Waals surface area contributed by atoms with Gasteiger partial charge < -0.3 is 20.1 Å². The highest BCUT2D eigenvalue weighted by molar-refractivity contribution is 5.59. The Hall–Kier alpha value is -2.09. The largest absolute Gasteiger partial charge is 0.367 e. The van der Waals surface area contributed by atoms with Crippen LogP contribution in [0.25, 0.3) is 11.3 Å². The maximum atomic E-state index is 13.6. The van der Waals surface area contributed by atoms with Gasteiger partial charge in [-0.15, -0.1) is 0 Å². The normalized spacial score (nSPS) is 29.1. The third kappa shape index (κ3) is 4.33. The quantitative estimate of drug-likeness (QED) is 0.761. The maximum Gasteiger partial charge on any atom is 0.223 e. The van der Waals surface area contributed by atoms with E-state index in [0.717, 1.165) is 18.1 Å². The molecule has 3 N–H and O–H groups in total. The number of hydrogen-bond acceptors (Lipinski definition) is 5. The first-order chi connectivity index (χ1) is 14.8. The van der Waals surface area contributed by atoms with Crippen LogP contribution in [0.1, 0.15) is 32.1 Å². The maximum absolute atomic E-state index is 13.6. The van der Waals surface area contributed by atoms with Crippen molar-refractivity contribution in [3.63, 3.8) is 0 Å². The van der Waals surface area contributed by atoms with Gasteiger partial charge in [-0.2, -0.15) is 0 Å². The van der Waals surface area contributed by atoms with Crippen LogP contribution in [0.4, 0.5) is 10.3 Å². The summed E-state index contributed by atoms with van der Waals surface area (Å²) in [5.41, 5.74) is 1.42. The van der Waals surface area contributed by atoms with Crippen molar-refractivity contribution in [1.82, 2.24) is 9.97 Å². The van der Waals surface area contributed by atoms with E-state index in [1.165, 1.54) is 50.8 Å². The molecule has 3 fully saturated rings. The minimum atomic E-state index is -0.275. The topological polar surface area (TPSA) is 72.9 Å². The highest BCUT2D eigenvalue weighted by atomic mass is 19.1. The first-order valence-corrected chi connectivity index (χ1v) is 11.2. The summed E-state index contributed by atoms with van der Waals surface area (Å²) in [6.45, 7) is 2.48. The van der Waals surface area contributed by atoms with Crippen LogP contribution in [0.15, 0.2) is 36.5 Å². The van der Waals surface area contributed by atoms with Gasteiger partial charge >= 0.3 is 0 Å². The molecule has 2 saturated heterocycles. The van der Waals surface area contributed by atoms with E-state index in [9.17, 15) is 4.39 Å². The minimum Gasteiger partial charge on any atom is -0.367 e. The molecule has 0 unspecified atom stereocenters. The Balaban J connectivity index is 1.19. The predicted octanol–water partition coefficient (Wildman–Crippen LogP) is 2.37. The zero-order valence-corrected chi connectivity index (χ0v) is 17.2. The standard InChI is InChI=1S/C23H29FN4O2/c24-17-8-4-7-16(11-17)18-9-10-25-23(27-18)28-20-14-30-21-19(13-29-22(20)21)26-12-15-5-2-1-3-6-15/h4,7-11,15,19-22,26H,1-3,5-6,12-14H2,(H,25,27,28)/p+1/t19-,20-,21+,22+/m0/s1. The number of nitrogens with two attached hydrogens (primary N) is 1. The van der Waals surface area contributed by atoms with Crippen LogP contribution in [0.2, 0.25) is 0 Å². The van der Waals surface area contributed by atoms with Crippen LogP contribution in [-0.4, -0.2) is 54.0 Å². The molecule has 0 radical (unpaired) electrons. The predicted molar refractivity (Wildman–Crippen MR) is 111 cm³/mol. The number of benzene rings is 1. The Labute approximate surface area is 176 Å². The van der Waals surface area contributed by atoms with Crippen molar-refractivity contribution in [2.45, 2.75) is 56.4 Å². The van der Waals surface area contributed by atoms with Gasteiger partial charge in [-0.3, -0.25) is 0 Å². The molecule has 2 aromatic rings. The Kier molecular flexibility index (Phi) is 5.93. The van der Waals surface area contributed by atoms with E-state index in [-0.39, 0.29) is 24.1 Å². The number of anilines is 1. The molecule has 0 spiro atoms. The summed E-state index contributed by atoms with van der Waals surface area (Å²) in [5.74, 6) is 1.08. The van der Waals surface area contributed by atoms with Crippen LogP contribution in [0, 0.1) is 11.7 Å². The van der Waals surface area contributed by atoms with Gasteiger partial charge in [-0.1, -0.05) is 31.4 Å². The molecule has 5 rings (SSSR count). The molecule has 0 bridgehead atoms. The van der Waals surface area contributed by atoms with E-state index in [1.54, 1.807) is 18.3 Å². The molecule has 4 atom stereocenters. The monoisotopic (exact) mass is 413 g/mol. The van der Waals surface area contributed by atoms with Crippen molar-refractivity contribution in [2.24, 2.45) is 5.92 Å². The van der Waals surface area contributed by atoms with Gasteiger partial charge in [0.05, 0.1) is 24.9 Å². The fraction of sp³-hybridized carbons (Fsp3) is 0.565. The van der Waals surface area contributed by atoms with Gasteiger partial charge in [0.1, 0.15) is 30.7 Å². The molecule has 3 aliphatic rings. The van der Waals surface area contributed by atoms with E-state index in [4.69, 9.17) is 9.47 Å². The van der Waals surface area contributed by atoms with E-state index in [1.807, 2.05) is 6.07 Å². The number of nitrogens with zero attached hydrogens (tertiary/aromatic N) is 2. The first-order valence-electron chi connectivity index (χ1n) is 11.2. The summed E-state index contributed by atoms with van der Waals surface area (Å²) >= 11 is 0. The molecule has 3 heterocycles. The third-order valence-corrected chi connectivity index (χ3v) is 6.68. The molecule has 2 aliphatic heterocycles. The zero-order valence-electron chi connectivity index (χ0n) is 17.2. The molecule has 1 aliphatic carbocycles. The highest BCUT2D eigenvalue weighted by Crippen LogP contribution is 2.28. The van der Waals surface area contributed by atoms with E-state index >= 15 is 0 Å². The second-order valence-corrected chi connectivity index (χ2v) is 8.76. The molecule has 1 aromatic carbocycles. The van der Waals surface area contributed by atoms with Gasteiger partial charge in [0.2, 0.25) is 5.95 Å². The van der Waals surface area contributed by atoms with Crippen molar-refractivity contribution < 1.29 is 19.2 Å². The lowest BCUT2D eigenvalue weighted by molar-refractivity contribution is -0.698. The fourth-order valence-corrected chi connectivity index (χ4v) is 5.05. The SMILES string of the molecule is Fc1cccc(-c2ccnc(N[C@H]3CO[C@H]4[C@@H]3OC[C@@H]4[NH2+]CC3CCCCC3)n2)c1. The molecule has 0 amide bonds. The lowest BCUT2D eigenvalue weighted by atomic mass is 9.89. The number of nitrogens with one attached hydrogen (secondary N) is 1. The van der Waals surface area contributed by atoms with Gasteiger partial charge in [0, 0.05) is 17.7 Å². The lowest BCUT2D eigenvalue weighted by Gasteiger charge is -2.22. The fourth-order valence-electron chi connectivity index (χ4n) is 5.05. The molecule has 1 aromatic heterocycles. The molecule has 160 valence electrons. The van der Waals surface area contributed by atoms with Crippen LogP contribution >= 0.6 is 0 Å². The number of hydrogen-bond donors (Lipinski definition) is 2. The minimum absolute atomic E-state index is 0.0130. The van der Waals surface area contributed by atoms with Crippen LogP contribution in [0.5, 0.6) is 0 Å². The number of ether oxygens (including phenoxy) is 2. The lowest BCUT2D eigenvalue weighted by Crippen LogP contribution is -2.93. The average Bonchev–Trinajstić information content (AvgIpc) is 3.36. The first kappa shape index (κ1) is 19.8. The third-order valence-electron chi connectivity index (χ3n) is 6.68. The van der Waals surface area contributed by atoms with Crippen molar-refractivity contribution in [2.75, 3.05) is 25.1 Å². The van der Waals surface area contributed by atoms with Gasteiger partial charge in [-0.25, -0.2) is 14.4 Å². The van der Waals surface area contributed by atoms with Gasteiger partial charge in [-0.05, 0) is 31.0 Å². The molecular weight excluding hydrogens is 383 g/mol. The summed E-state index contributed by atoms with van der Waals surface area (Å²) in [6, 6.07) is 8.61. The summed E-state index contributed by atoms with van der Waals surface area (Å²) in [4.78, 5) is 8.92. The Morgan fingerprint density at radius 2 is 1.93 bits per heavy atom. The van der Waals surface area contributed by atoms with Gasteiger partial charge in [0.15, 0.2) is 0 Å². The van der Waals surface area contributed by atoms with Crippen molar-refractivity contribution in [3.8, 4) is 11.3 Å². The number of rotatable bonds is 6. The molecule has 1 saturated carbocycles. The molecule has 30 heavy (non-hydrogen) atoms. The number of halogens is 1. The second kappa shape index (κ2) is 8.96. The second-order valence-electron chi connectivity index (χ2n) is 8.76. The molecular formula is C23H30FN4O2+. The Bertz CT molecular complexity index is 861. The summed E-state index contributed by atoms with van der Waals surface area (Å²) < 4.78 is 25.8. The van der Waals surface area contributed by atoms with E-state index in [2.05, 4.69) is 20.6 Å². The van der Waals surface area contributed by atoms with Crippen LogP contribution < -0.4 is 10.6 Å². The van der Waals surface area contributed by atoms with Gasteiger partial charge in [0.25, 0.3) is 0 Å². The van der Waals surface area contributed by atoms with E-state index < -0.39 is 0 Å². The van der Waals surface area contributed by atoms with Crippen molar-refractivity contribution in [3.05, 3.63) is 42.3 Å². The smallest absolute Gasteiger partial charge is 0.223 e. The van der Waals surface area contributed by atoms with E-state index in [0.29, 0.717) is 24.3 Å². The highest BCUT2D eigenvalue weighted by Gasteiger charge is 2.50. The molecule has 6 nitrogen and oxygen atoms in total. The molecule has 7 heteroatoms. The summed E-state index contributed by atoms with van der Waals surface area (Å²) in [5, 5.41) is 5.83. The average molecular weight is 414 g/mol. The zero-order chi connectivity index (χ0) is 20.3. The van der Waals surface area contributed by atoms with Crippen molar-refractivity contribution in [1.29, 1.82) is 0 Å². The van der Waals surface area contributed by atoms with Crippen molar-refractivity contribution >= 4 is 5.95 Å². The van der Waals surface area contributed by atoms with Crippen LogP contribution in [0.3, 0.4) is 0 Å².